The standard InChI is InChI=1S/C31H34N4O8/c1-13-7-17-8-19-21(10-32)35-20(25(34(19)5)23(17)26(38)27(13)40-6)9-18-24(22(35)11-33-31(39)15(3)36)30-29(41-12-42-30)14(2)28(18)43-16(4)37/h7,19-22,25,38H,8-9,11-12H2,1-6H3,(H,33,39)/t19?,20-,21-,22-,25-/m0/s1. The molecule has 12 heteroatoms. The SMILES string of the molecule is COc1c(C)cc2c(c1O)[C@@H]1[C@@H]3Cc4c(OC(C)=O)c(C)c5c(c4[C@H](CNC(=O)C(C)=O)N3[C@@H](C#N)C(C2)N1C)OCO5. The summed E-state index contributed by atoms with van der Waals surface area (Å²) in [4.78, 5) is 41.0. The van der Waals surface area contributed by atoms with Gasteiger partial charge in [-0.25, -0.2) is 0 Å². The number of esters is 1. The number of likely N-dealkylation sites (N-methyl/N-ethyl adjacent to an activating group) is 1. The van der Waals surface area contributed by atoms with Crippen molar-refractivity contribution in [3.8, 4) is 34.8 Å². The first-order valence-electron chi connectivity index (χ1n) is 14.2. The highest BCUT2D eigenvalue weighted by atomic mass is 16.7. The molecule has 6 rings (SSSR count). The minimum atomic E-state index is -0.754. The average molecular weight is 591 g/mol. The number of aryl methyl sites for hydroxylation is 1. The summed E-state index contributed by atoms with van der Waals surface area (Å²) in [7, 11) is 3.47. The van der Waals surface area contributed by atoms with E-state index in [1.165, 1.54) is 21.0 Å². The van der Waals surface area contributed by atoms with Crippen LogP contribution in [0.15, 0.2) is 6.07 Å². The highest BCUT2D eigenvalue weighted by molar-refractivity contribution is 6.35. The van der Waals surface area contributed by atoms with E-state index in [-0.39, 0.29) is 31.2 Å². The zero-order valence-electron chi connectivity index (χ0n) is 24.9. The summed E-state index contributed by atoms with van der Waals surface area (Å²) in [5, 5.41) is 25.0. The quantitative estimate of drug-likeness (QED) is 0.300. The molecule has 1 fully saturated rings. The number of piperazine rings is 1. The molecule has 1 saturated heterocycles. The number of nitrogens with zero attached hydrogens (tertiary/aromatic N) is 3. The van der Waals surface area contributed by atoms with Crippen LogP contribution in [0.4, 0.5) is 0 Å². The zero-order valence-corrected chi connectivity index (χ0v) is 24.9. The molecule has 0 saturated carbocycles. The summed E-state index contributed by atoms with van der Waals surface area (Å²) in [6.07, 6.45) is 0.841. The number of phenols is 1. The van der Waals surface area contributed by atoms with Gasteiger partial charge in [0.05, 0.1) is 25.3 Å². The van der Waals surface area contributed by atoms with Crippen LogP contribution in [-0.2, 0) is 27.2 Å². The van der Waals surface area contributed by atoms with Crippen molar-refractivity contribution in [3.05, 3.63) is 39.4 Å². The van der Waals surface area contributed by atoms with Gasteiger partial charge < -0.3 is 29.4 Å². The third-order valence-electron chi connectivity index (χ3n) is 9.29. The van der Waals surface area contributed by atoms with Crippen LogP contribution in [0.1, 0.15) is 59.3 Å². The van der Waals surface area contributed by atoms with E-state index in [4.69, 9.17) is 18.9 Å². The number of methoxy groups -OCH3 is 1. The first kappa shape index (κ1) is 28.8. The van der Waals surface area contributed by atoms with Gasteiger partial charge in [-0.1, -0.05) is 6.07 Å². The van der Waals surface area contributed by atoms with Crippen molar-refractivity contribution in [3.63, 3.8) is 0 Å². The van der Waals surface area contributed by atoms with E-state index < -0.39 is 35.8 Å². The molecule has 1 amide bonds. The van der Waals surface area contributed by atoms with Gasteiger partial charge in [0.15, 0.2) is 23.0 Å². The Kier molecular flexibility index (Phi) is 6.98. The van der Waals surface area contributed by atoms with Gasteiger partial charge in [0.1, 0.15) is 11.8 Å². The van der Waals surface area contributed by atoms with Crippen molar-refractivity contribution in [2.75, 3.05) is 27.5 Å². The van der Waals surface area contributed by atoms with E-state index in [2.05, 4.69) is 21.2 Å². The van der Waals surface area contributed by atoms with E-state index in [1.54, 1.807) is 6.92 Å². The van der Waals surface area contributed by atoms with Crippen LogP contribution < -0.4 is 24.3 Å². The summed E-state index contributed by atoms with van der Waals surface area (Å²) < 4.78 is 23.2. The Morgan fingerprint density at radius 1 is 1.12 bits per heavy atom. The third-order valence-corrected chi connectivity index (χ3v) is 9.29. The number of nitrogens with one attached hydrogen (secondary N) is 1. The molecule has 43 heavy (non-hydrogen) atoms. The summed E-state index contributed by atoms with van der Waals surface area (Å²) in [5.74, 6) is -0.226. The topological polar surface area (TPSA) is 151 Å². The van der Waals surface area contributed by atoms with Crippen LogP contribution in [0.25, 0.3) is 0 Å². The highest BCUT2D eigenvalue weighted by Gasteiger charge is 2.56. The number of benzene rings is 2. The lowest BCUT2D eigenvalue weighted by atomic mass is 9.71. The molecule has 12 nitrogen and oxygen atoms in total. The van der Waals surface area contributed by atoms with Gasteiger partial charge in [0, 0.05) is 54.7 Å². The number of amides is 1. The van der Waals surface area contributed by atoms with E-state index in [0.717, 1.165) is 11.1 Å². The Morgan fingerprint density at radius 3 is 2.49 bits per heavy atom. The molecule has 0 aromatic heterocycles. The summed E-state index contributed by atoms with van der Waals surface area (Å²) in [5.41, 5.74) is 4.39. The van der Waals surface area contributed by atoms with Crippen molar-refractivity contribution in [1.29, 1.82) is 5.26 Å². The van der Waals surface area contributed by atoms with E-state index in [0.29, 0.717) is 58.1 Å². The number of nitriles is 1. The summed E-state index contributed by atoms with van der Waals surface area (Å²) >= 11 is 0. The van der Waals surface area contributed by atoms with Gasteiger partial charge >= 0.3 is 5.97 Å². The van der Waals surface area contributed by atoms with Crippen LogP contribution in [-0.4, -0.2) is 78.2 Å². The second kappa shape index (κ2) is 10.4. The largest absolute Gasteiger partial charge is 0.504 e. The molecule has 0 radical (unpaired) electrons. The molecular weight excluding hydrogens is 556 g/mol. The molecule has 0 aliphatic carbocycles. The average Bonchev–Trinajstić information content (AvgIpc) is 3.44. The monoisotopic (exact) mass is 590 g/mol. The zero-order chi connectivity index (χ0) is 30.9. The fraction of sp³-hybridized carbons (Fsp3) is 0.484. The molecule has 4 aliphatic rings. The van der Waals surface area contributed by atoms with E-state index in [9.17, 15) is 24.8 Å². The normalized spacial score (nSPS) is 25.1. The second-order valence-corrected chi connectivity index (χ2v) is 11.6. The first-order chi connectivity index (χ1) is 20.5. The first-order valence-corrected chi connectivity index (χ1v) is 14.2. The predicted octanol–water partition coefficient (Wildman–Crippen LogP) is 2.15. The summed E-state index contributed by atoms with van der Waals surface area (Å²) in [6, 6.07) is 2.21. The maximum absolute atomic E-state index is 12.5. The molecule has 1 unspecified atom stereocenters. The molecule has 2 N–H and O–H groups in total. The van der Waals surface area contributed by atoms with Crippen molar-refractivity contribution in [2.24, 2.45) is 0 Å². The van der Waals surface area contributed by atoms with Crippen LogP contribution in [0.3, 0.4) is 0 Å². The number of hydrogen-bond acceptors (Lipinski definition) is 11. The van der Waals surface area contributed by atoms with E-state index >= 15 is 0 Å². The molecule has 2 aromatic carbocycles. The molecule has 226 valence electrons. The Morgan fingerprint density at radius 2 is 1.84 bits per heavy atom. The number of fused-ring (bicyclic) bond motifs is 9. The maximum Gasteiger partial charge on any atom is 0.308 e. The van der Waals surface area contributed by atoms with Gasteiger partial charge in [-0.15, -0.1) is 0 Å². The number of hydrogen-bond donors (Lipinski definition) is 2. The number of rotatable bonds is 5. The van der Waals surface area contributed by atoms with Gasteiger partial charge in [-0.05, 0) is 44.9 Å². The van der Waals surface area contributed by atoms with Crippen LogP contribution >= 0.6 is 0 Å². The molecule has 4 heterocycles. The molecule has 2 bridgehead atoms. The lowest BCUT2D eigenvalue weighted by Gasteiger charge is -2.60. The van der Waals surface area contributed by atoms with Gasteiger partial charge in [-0.2, -0.15) is 5.26 Å². The fourth-order valence-corrected chi connectivity index (χ4v) is 7.62. The molecular formula is C31H34N4O8. The van der Waals surface area contributed by atoms with Crippen LogP contribution in [0.2, 0.25) is 0 Å². The van der Waals surface area contributed by atoms with Crippen molar-refractivity contribution in [1.82, 2.24) is 15.1 Å². The molecule has 0 spiro atoms. The Labute approximate surface area is 249 Å². The fourth-order valence-electron chi connectivity index (χ4n) is 7.62. The smallest absolute Gasteiger partial charge is 0.308 e. The minimum absolute atomic E-state index is 0.0162. The number of aromatic hydroxyl groups is 1. The Hall–Kier alpha value is -4.34. The number of ether oxygens (including phenoxy) is 4. The molecule has 2 aromatic rings. The van der Waals surface area contributed by atoms with Gasteiger partial charge in [0.2, 0.25) is 12.6 Å². The lowest BCUT2D eigenvalue weighted by molar-refractivity contribution is -0.137. The number of Topliss-reactive ketones (excluding diaryl/α,β-unsaturated/α-hetero) is 1. The van der Waals surface area contributed by atoms with Gasteiger partial charge in [-0.3, -0.25) is 24.2 Å². The van der Waals surface area contributed by atoms with Crippen molar-refractivity contribution in [2.45, 2.75) is 70.7 Å². The van der Waals surface area contributed by atoms with Crippen LogP contribution in [0.5, 0.6) is 28.7 Å². The highest BCUT2D eigenvalue weighted by Crippen LogP contribution is 2.58. The Bertz CT molecular complexity index is 1610. The predicted molar refractivity (Wildman–Crippen MR) is 151 cm³/mol. The van der Waals surface area contributed by atoms with Crippen molar-refractivity contribution < 1.29 is 38.4 Å². The number of phenolic OH excluding ortho intramolecular Hbond substituents is 1. The second-order valence-electron chi connectivity index (χ2n) is 11.6. The maximum atomic E-state index is 12.5. The van der Waals surface area contributed by atoms with Crippen LogP contribution in [0, 0.1) is 25.2 Å². The molecule has 5 atom stereocenters. The van der Waals surface area contributed by atoms with Crippen molar-refractivity contribution >= 4 is 17.7 Å². The summed E-state index contributed by atoms with van der Waals surface area (Å²) in [6.45, 7) is 6.13. The van der Waals surface area contributed by atoms with Gasteiger partial charge in [0.25, 0.3) is 5.91 Å². The third kappa shape index (κ3) is 4.21. The number of carbonyl (C=O) groups is 3. The molecule has 4 aliphatic heterocycles. The minimum Gasteiger partial charge on any atom is -0.504 e. The number of carbonyl (C=O) groups excluding carboxylic acids is 3. The number of ketones is 1. The van der Waals surface area contributed by atoms with E-state index in [1.807, 2.05) is 20.0 Å². The lowest BCUT2D eigenvalue weighted by Crippen LogP contribution is -2.68. The Balaban J connectivity index is 1.61.